The average molecular weight is 304 g/mol. The summed E-state index contributed by atoms with van der Waals surface area (Å²) in [6.45, 7) is 4.31. The molecule has 6 nitrogen and oxygen atoms in total. The number of hydrogen-bond acceptors (Lipinski definition) is 4. The zero-order valence-electron chi connectivity index (χ0n) is 12.4. The van der Waals surface area contributed by atoms with Crippen LogP contribution in [-0.4, -0.2) is 31.4 Å². The van der Waals surface area contributed by atoms with Crippen molar-refractivity contribution in [3.8, 4) is 11.3 Å². The van der Waals surface area contributed by atoms with Crippen molar-refractivity contribution in [3.05, 3.63) is 29.8 Å². The Hall–Kier alpha value is -2.44. The fraction of sp³-hybridized carbons (Fsp3) is 0.400. The number of aromatic carboxylic acids is 1. The molecule has 0 bridgehead atoms. The molecule has 1 saturated carbocycles. The Balaban J connectivity index is 2.01. The number of hydrogen-bond donors (Lipinski definition) is 2. The average Bonchev–Trinajstić information content (AvgIpc) is 3.02. The Labute approximate surface area is 127 Å². The first-order valence-electron chi connectivity index (χ1n) is 7.18. The molecule has 0 unspecified atom stereocenters. The zero-order chi connectivity index (χ0) is 15.9. The van der Waals surface area contributed by atoms with Gasteiger partial charge in [-0.25, -0.2) is 9.78 Å². The minimum atomic E-state index is -1.14. The Morgan fingerprint density at radius 2 is 2.23 bits per heavy atom. The number of rotatable bonds is 5. The van der Waals surface area contributed by atoms with Gasteiger partial charge in [-0.05, 0) is 38.8 Å². The van der Waals surface area contributed by atoms with Crippen molar-refractivity contribution in [2.75, 3.05) is 5.32 Å². The van der Waals surface area contributed by atoms with Gasteiger partial charge in [0.2, 0.25) is 5.95 Å². The molecular formula is C15H17FN4O2. The second-order valence-corrected chi connectivity index (χ2v) is 5.75. The van der Waals surface area contributed by atoms with E-state index in [4.69, 9.17) is 0 Å². The molecule has 0 saturated heterocycles. The summed E-state index contributed by atoms with van der Waals surface area (Å²) < 4.78 is 15.8. The predicted molar refractivity (Wildman–Crippen MR) is 79.3 cm³/mol. The zero-order valence-corrected chi connectivity index (χ0v) is 12.4. The van der Waals surface area contributed by atoms with Crippen LogP contribution in [0.2, 0.25) is 0 Å². The molecule has 7 heteroatoms. The number of anilines is 1. The Bertz CT molecular complexity index is 737. The summed E-state index contributed by atoms with van der Waals surface area (Å²) >= 11 is 0. The summed E-state index contributed by atoms with van der Waals surface area (Å²) in [5.41, 5.74) is 0.350. The van der Waals surface area contributed by atoms with E-state index in [1.807, 2.05) is 6.92 Å². The standard InChI is InChI=1S/C15H17FN4O2/c1-3-20-12(10(8-17-20)14(21)22)9-4-5-11(18-13(9)16)19-15(2)6-7-15/h4-5,8H,3,6-7H2,1-2H3,(H,18,19)(H,21,22). The monoisotopic (exact) mass is 304 g/mol. The van der Waals surface area contributed by atoms with E-state index in [9.17, 15) is 14.3 Å². The van der Waals surface area contributed by atoms with Gasteiger partial charge in [0.1, 0.15) is 11.4 Å². The molecule has 0 amide bonds. The van der Waals surface area contributed by atoms with E-state index in [1.54, 1.807) is 12.1 Å². The number of pyridine rings is 1. The third-order valence-corrected chi connectivity index (χ3v) is 3.90. The number of carboxylic acids is 1. The molecule has 0 radical (unpaired) electrons. The molecule has 2 N–H and O–H groups in total. The van der Waals surface area contributed by atoms with Crippen LogP contribution < -0.4 is 5.32 Å². The fourth-order valence-corrected chi connectivity index (χ4v) is 2.37. The van der Waals surface area contributed by atoms with Crippen LogP contribution in [0.15, 0.2) is 18.3 Å². The first kappa shape index (κ1) is 14.5. The van der Waals surface area contributed by atoms with E-state index in [0.29, 0.717) is 12.4 Å². The Kier molecular flexibility index (Phi) is 3.35. The molecule has 2 aromatic heterocycles. The van der Waals surface area contributed by atoms with Crippen molar-refractivity contribution in [2.45, 2.75) is 38.8 Å². The largest absolute Gasteiger partial charge is 0.478 e. The van der Waals surface area contributed by atoms with E-state index in [0.717, 1.165) is 12.8 Å². The van der Waals surface area contributed by atoms with Gasteiger partial charge in [-0.2, -0.15) is 9.49 Å². The highest BCUT2D eigenvalue weighted by atomic mass is 19.1. The van der Waals surface area contributed by atoms with Gasteiger partial charge in [-0.1, -0.05) is 0 Å². The van der Waals surface area contributed by atoms with Crippen LogP contribution >= 0.6 is 0 Å². The second-order valence-electron chi connectivity index (χ2n) is 5.75. The molecule has 2 heterocycles. The maximum absolute atomic E-state index is 14.4. The minimum Gasteiger partial charge on any atom is -0.478 e. The summed E-state index contributed by atoms with van der Waals surface area (Å²) in [5.74, 6) is -1.38. The molecule has 1 aliphatic rings. The summed E-state index contributed by atoms with van der Waals surface area (Å²) in [7, 11) is 0. The van der Waals surface area contributed by atoms with Crippen LogP contribution in [0.25, 0.3) is 11.3 Å². The number of halogens is 1. The third-order valence-electron chi connectivity index (χ3n) is 3.90. The summed E-state index contributed by atoms with van der Waals surface area (Å²) in [6, 6.07) is 3.21. The van der Waals surface area contributed by atoms with Gasteiger partial charge < -0.3 is 10.4 Å². The second kappa shape index (κ2) is 5.08. The van der Waals surface area contributed by atoms with Gasteiger partial charge in [-0.3, -0.25) is 4.68 Å². The number of carbonyl (C=O) groups is 1. The van der Waals surface area contributed by atoms with Gasteiger partial charge in [0.15, 0.2) is 0 Å². The molecular weight excluding hydrogens is 287 g/mol. The van der Waals surface area contributed by atoms with Gasteiger partial charge in [0, 0.05) is 12.1 Å². The number of nitrogens with one attached hydrogen (secondary N) is 1. The molecule has 1 fully saturated rings. The Morgan fingerprint density at radius 3 is 2.77 bits per heavy atom. The quantitative estimate of drug-likeness (QED) is 0.830. The lowest BCUT2D eigenvalue weighted by atomic mass is 10.1. The topological polar surface area (TPSA) is 80.0 Å². The lowest BCUT2D eigenvalue weighted by Crippen LogP contribution is -2.17. The molecule has 2 aromatic rings. The molecule has 1 aliphatic carbocycles. The first-order valence-corrected chi connectivity index (χ1v) is 7.18. The molecule has 0 atom stereocenters. The van der Waals surface area contributed by atoms with E-state index in [-0.39, 0.29) is 22.4 Å². The van der Waals surface area contributed by atoms with E-state index in [1.165, 1.54) is 10.9 Å². The highest BCUT2D eigenvalue weighted by Gasteiger charge is 2.37. The van der Waals surface area contributed by atoms with Crippen molar-refractivity contribution in [2.24, 2.45) is 0 Å². The van der Waals surface area contributed by atoms with Crippen LogP contribution in [0.3, 0.4) is 0 Å². The van der Waals surface area contributed by atoms with Crippen LogP contribution in [0.4, 0.5) is 10.2 Å². The Morgan fingerprint density at radius 1 is 1.50 bits per heavy atom. The molecule has 0 spiro atoms. The highest BCUT2D eigenvalue weighted by molar-refractivity contribution is 5.94. The van der Waals surface area contributed by atoms with E-state index in [2.05, 4.69) is 22.3 Å². The normalized spacial score (nSPS) is 15.6. The van der Waals surface area contributed by atoms with Crippen LogP contribution in [0.1, 0.15) is 37.0 Å². The maximum atomic E-state index is 14.4. The van der Waals surface area contributed by atoms with Crippen LogP contribution in [0, 0.1) is 5.95 Å². The lowest BCUT2D eigenvalue weighted by Gasteiger charge is -2.13. The molecule has 116 valence electrons. The number of aryl methyl sites for hydroxylation is 1. The molecule has 3 rings (SSSR count). The highest BCUT2D eigenvalue weighted by Crippen LogP contribution is 2.38. The number of carboxylic acid groups (broad SMARTS) is 1. The summed E-state index contributed by atoms with van der Waals surface area (Å²) in [5, 5.41) is 16.4. The van der Waals surface area contributed by atoms with Crippen molar-refractivity contribution < 1.29 is 14.3 Å². The number of nitrogens with zero attached hydrogens (tertiary/aromatic N) is 3. The maximum Gasteiger partial charge on any atom is 0.339 e. The van der Waals surface area contributed by atoms with Crippen LogP contribution in [-0.2, 0) is 6.54 Å². The van der Waals surface area contributed by atoms with Crippen molar-refractivity contribution >= 4 is 11.8 Å². The molecule has 22 heavy (non-hydrogen) atoms. The predicted octanol–water partition coefficient (Wildman–Crippen LogP) is 2.77. The van der Waals surface area contributed by atoms with Gasteiger partial charge in [0.25, 0.3) is 0 Å². The number of aromatic nitrogens is 3. The summed E-state index contributed by atoms with van der Waals surface area (Å²) in [6.07, 6.45) is 3.30. The molecule has 0 aliphatic heterocycles. The SMILES string of the molecule is CCn1ncc(C(=O)O)c1-c1ccc(NC2(C)CC2)nc1F. The van der Waals surface area contributed by atoms with E-state index < -0.39 is 11.9 Å². The minimum absolute atomic E-state index is 0.00161. The third kappa shape index (κ3) is 2.54. The summed E-state index contributed by atoms with van der Waals surface area (Å²) in [4.78, 5) is 15.2. The van der Waals surface area contributed by atoms with Crippen LogP contribution in [0.5, 0.6) is 0 Å². The van der Waals surface area contributed by atoms with Crippen molar-refractivity contribution in [1.29, 1.82) is 0 Å². The van der Waals surface area contributed by atoms with Crippen molar-refractivity contribution in [1.82, 2.24) is 14.8 Å². The van der Waals surface area contributed by atoms with Gasteiger partial charge in [-0.15, -0.1) is 0 Å². The van der Waals surface area contributed by atoms with Crippen molar-refractivity contribution in [3.63, 3.8) is 0 Å². The smallest absolute Gasteiger partial charge is 0.339 e. The lowest BCUT2D eigenvalue weighted by molar-refractivity contribution is 0.0697. The first-order chi connectivity index (χ1) is 10.4. The molecule has 0 aromatic carbocycles. The van der Waals surface area contributed by atoms with E-state index >= 15 is 0 Å². The van der Waals surface area contributed by atoms with Gasteiger partial charge in [0.05, 0.1) is 17.5 Å². The van der Waals surface area contributed by atoms with Gasteiger partial charge >= 0.3 is 5.97 Å². The fourth-order valence-electron chi connectivity index (χ4n) is 2.37.